The molecule has 8 saturated carbocycles. The van der Waals surface area contributed by atoms with Gasteiger partial charge in [0.05, 0.1) is 24.4 Å². The standard InChI is InChI=1S/C22H32O2.2C22H30O2.C22H28O2/c4*1-13(2)17-7-8-18-16-6-5-14-11-15(23)9-10-21(14,3)19(16)12-20(24)22(17,18)4/h11,16-20,24H,1,5-10,12H2,2-4H3;7,11,16,18-20,24H,1,5-6,8-10,12H2,2-4H3;5-6,11,16-20,24H,1,7-10,12H2,2-4H3;5-7,11,16,18-20,24H,1,8-10,12H2,2-4H3/t16-,17?,18-,19-,20+,21-,22+;16-,18-,19-,20+,21-,22+;16-,17?,18-,19-,20+,21-,22+;16-,18-,19-,20+,21-,22+/m0000/s1. The Labute approximate surface area is 577 Å². The maximum atomic E-state index is 11.9. The Morgan fingerprint density at radius 2 is 0.750 bits per heavy atom. The van der Waals surface area contributed by atoms with Gasteiger partial charge in [0.15, 0.2) is 23.1 Å². The molecule has 26 atom stereocenters. The van der Waals surface area contributed by atoms with Gasteiger partial charge in [-0.2, -0.15) is 0 Å². The van der Waals surface area contributed by atoms with E-state index in [1.807, 2.05) is 24.3 Å². The lowest BCUT2D eigenvalue weighted by atomic mass is 9.46. The van der Waals surface area contributed by atoms with Crippen LogP contribution >= 0.6 is 0 Å². The normalized spacial score (nSPS) is 48.6. The number of carbonyl (C=O) groups excluding carboxylic acids is 4. The quantitative estimate of drug-likeness (QED) is 0.203. The molecule has 0 amide bonds. The van der Waals surface area contributed by atoms with E-state index in [2.05, 4.69) is 146 Å². The highest BCUT2D eigenvalue weighted by atomic mass is 16.3. The number of hydrogen-bond donors (Lipinski definition) is 4. The van der Waals surface area contributed by atoms with Crippen LogP contribution in [-0.2, 0) is 19.2 Å². The van der Waals surface area contributed by atoms with Crippen LogP contribution in [0.15, 0.2) is 143 Å². The summed E-state index contributed by atoms with van der Waals surface area (Å²) in [5, 5.41) is 44.8. The third-order valence-electron chi connectivity index (χ3n) is 32.7. The SMILES string of the molecule is C=C(C)C1=CC[C@H]2[C@@H]3C=CC4=CC(=O)CC[C@]4(C)[C@H]3C[C@@H](O)[C@]12C.C=C(C)C1=CC[C@H]2[C@@H]3CCC4=CC(=O)CC[C@]4(C)[C@H]3C[C@@H](O)[C@]12C.C=C(C)C1CC[C@H]2[C@@H]3C=CC4=CC(=O)CC[C@]4(C)[C@H]3C[C@@H](O)[C@]12C.C=C(C)C1CC[C@H]2[C@@H]3CCC4=CC(=O)CC[C@]4(C)[C@H]3C[C@@H](O)[C@]12C. The Morgan fingerprint density at radius 1 is 0.396 bits per heavy atom. The summed E-state index contributed by atoms with van der Waals surface area (Å²) >= 11 is 0. The lowest BCUT2D eigenvalue weighted by Gasteiger charge is -2.59. The second-order valence-corrected chi connectivity index (χ2v) is 36.7. The van der Waals surface area contributed by atoms with E-state index in [4.69, 9.17) is 0 Å². The summed E-state index contributed by atoms with van der Waals surface area (Å²) in [5.41, 5.74) is 12.4. The van der Waals surface area contributed by atoms with Gasteiger partial charge in [-0.15, -0.1) is 0 Å². The Morgan fingerprint density at radius 3 is 1.20 bits per heavy atom. The number of fused-ring (bicyclic) bond motifs is 20. The predicted octanol–water partition coefficient (Wildman–Crippen LogP) is 18.1. The summed E-state index contributed by atoms with van der Waals surface area (Å²) in [7, 11) is 0. The molecule has 0 bridgehead atoms. The monoisotopic (exact) mass is 1300 g/mol. The van der Waals surface area contributed by atoms with E-state index in [-0.39, 0.29) is 79.3 Å². The highest BCUT2D eigenvalue weighted by molar-refractivity contribution is 5.93. The van der Waals surface area contributed by atoms with Gasteiger partial charge in [-0.25, -0.2) is 0 Å². The third kappa shape index (κ3) is 10.4. The smallest absolute Gasteiger partial charge is 0.156 e. The van der Waals surface area contributed by atoms with Crippen molar-refractivity contribution in [2.24, 2.45) is 126 Å². The number of aliphatic hydroxyl groups excluding tert-OH is 4. The van der Waals surface area contributed by atoms with Gasteiger partial charge < -0.3 is 20.4 Å². The van der Waals surface area contributed by atoms with Crippen molar-refractivity contribution in [2.45, 2.75) is 249 Å². The summed E-state index contributed by atoms with van der Waals surface area (Å²) in [4.78, 5) is 47.5. The molecule has 8 heteroatoms. The highest BCUT2D eigenvalue weighted by Gasteiger charge is 2.66. The summed E-state index contributed by atoms with van der Waals surface area (Å²) in [5.74, 6) is 8.42. The van der Waals surface area contributed by atoms with Crippen LogP contribution in [0.25, 0.3) is 0 Å². The number of aliphatic hydroxyl groups is 4. The molecule has 16 aliphatic carbocycles. The summed E-state index contributed by atoms with van der Waals surface area (Å²) in [6, 6.07) is 0. The van der Waals surface area contributed by atoms with Gasteiger partial charge in [0.2, 0.25) is 0 Å². The minimum Gasteiger partial charge on any atom is -0.393 e. The number of hydrogen-bond acceptors (Lipinski definition) is 8. The van der Waals surface area contributed by atoms with E-state index >= 15 is 0 Å². The van der Waals surface area contributed by atoms with Gasteiger partial charge >= 0.3 is 0 Å². The first-order valence-electron chi connectivity index (χ1n) is 38.2. The van der Waals surface area contributed by atoms with Crippen LogP contribution in [0.1, 0.15) is 224 Å². The molecule has 96 heavy (non-hydrogen) atoms. The van der Waals surface area contributed by atoms with Crippen LogP contribution in [0.5, 0.6) is 0 Å². The van der Waals surface area contributed by atoms with E-state index in [1.165, 1.54) is 76.7 Å². The van der Waals surface area contributed by atoms with Gasteiger partial charge in [-0.05, 0) is 294 Å². The summed E-state index contributed by atoms with van der Waals surface area (Å²) in [6.07, 6.45) is 41.5. The van der Waals surface area contributed by atoms with Gasteiger partial charge in [0, 0.05) is 47.3 Å². The zero-order valence-corrected chi connectivity index (χ0v) is 61.0. The van der Waals surface area contributed by atoms with Crippen LogP contribution in [-0.4, -0.2) is 68.0 Å². The fraction of sp³-hybridized carbons (Fsp3) is 0.682. The zero-order chi connectivity index (χ0) is 69.1. The molecule has 0 spiro atoms. The van der Waals surface area contributed by atoms with Crippen molar-refractivity contribution in [2.75, 3.05) is 0 Å². The van der Waals surface area contributed by atoms with Gasteiger partial charge in [-0.1, -0.05) is 152 Å². The number of allylic oxidation sites excluding steroid dienone is 17. The molecule has 16 rings (SSSR count). The molecule has 0 radical (unpaired) electrons. The Bertz CT molecular complexity index is 3450. The number of rotatable bonds is 4. The molecular weight excluding hydrogens is 1180 g/mol. The van der Waals surface area contributed by atoms with Crippen LogP contribution in [0, 0.1) is 126 Å². The van der Waals surface area contributed by atoms with Crippen molar-refractivity contribution >= 4 is 23.1 Å². The van der Waals surface area contributed by atoms with Crippen molar-refractivity contribution in [3.05, 3.63) is 143 Å². The van der Waals surface area contributed by atoms with Crippen molar-refractivity contribution in [3.63, 3.8) is 0 Å². The van der Waals surface area contributed by atoms with Crippen molar-refractivity contribution in [3.8, 4) is 0 Å². The fourth-order valence-corrected chi connectivity index (χ4v) is 27.0. The lowest BCUT2D eigenvalue weighted by molar-refractivity contribution is -0.131. The van der Waals surface area contributed by atoms with E-state index < -0.39 is 0 Å². The Balaban J connectivity index is 0.000000116. The van der Waals surface area contributed by atoms with Crippen molar-refractivity contribution in [1.82, 2.24) is 0 Å². The molecule has 0 heterocycles. The average molecular weight is 1310 g/mol. The maximum Gasteiger partial charge on any atom is 0.156 e. The minimum atomic E-state index is -0.337. The molecule has 8 fully saturated rings. The number of carbonyl (C=O) groups is 4. The van der Waals surface area contributed by atoms with E-state index in [1.54, 1.807) is 0 Å². The highest BCUT2D eigenvalue weighted by Crippen LogP contribution is 2.71. The van der Waals surface area contributed by atoms with E-state index in [0.717, 1.165) is 94.6 Å². The molecule has 520 valence electrons. The molecule has 0 aromatic carbocycles. The van der Waals surface area contributed by atoms with E-state index in [0.29, 0.717) is 120 Å². The third-order valence-corrected chi connectivity index (χ3v) is 32.7. The van der Waals surface area contributed by atoms with Gasteiger partial charge in [0.25, 0.3) is 0 Å². The fourth-order valence-electron chi connectivity index (χ4n) is 27.0. The van der Waals surface area contributed by atoms with Gasteiger partial charge in [-0.3, -0.25) is 19.2 Å². The molecule has 0 aromatic rings. The van der Waals surface area contributed by atoms with Crippen molar-refractivity contribution < 1.29 is 39.6 Å². The van der Waals surface area contributed by atoms with Gasteiger partial charge in [0.1, 0.15) is 0 Å². The second-order valence-electron chi connectivity index (χ2n) is 36.7. The first-order valence-corrected chi connectivity index (χ1v) is 38.2. The molecule has 16 aliphatic rings. The zero-order valence-electron chi connectivity index (χ0n) is 61.0. The molecular formula is C88H120O8. The Kier molecular flexibility index (Phi) is 17.9. The first-order chi connectivity index (χ1) is 45.1. The number of ketones is 4. The van der Waals surface area contributed by atoms with Crippen molar-refractivity contribution in [1.29, 1.82) is 0 Å². The van der Waals surface area contributed by atoms with Crippen LogP contribution in [0.2, 0.25) is 0 Å². The summed E-state index contributed by atoms with van der Waals surface area (Å²) < 4.78 is 0. The average Bonchev–Trinajstić information content (AvgIpc) is 1.73. The summed E-state index contributed by atoms with van der Waals surface area (Å²) in [6.45, 7) is 43.7. The van der Waals surface area contributed by atoms with E-state index in [9.17, 15) is 39.6 Å². The molecule has 0 aromatic heterocycles. The van der Waals surface area contributed by atoms with Crippen LogP contribution in [0.3, 0.4) is 0 Å². The largest absolute Gasteiger partial charge is 0.393 e. The minimum absolute atomic E-state index is 0.00899. The van der Waals surface area contributed by atoms with Crippen LogP contribution in [0.4, 0.5) is 0 Å². The maximum absolute atomic E-state index is 11.9. The molecule has 0 aliphatic heterocycles. The molecule has 4 N–H and O–H groups in total. The molecule has 8 nitrogen and oxygen atoms in total. The molecule has 2 unspecified atom stereocenters. The Hall–Kier alpha value is -4.60. The second kappa shape index (κ2) is 24.6. The van der Waals surface area contributed by atoms with Crippen LogP contribution < -0.4 is 0 Å². The lowest BCUT2D eigenvalue weighted by Crippen LogP contribution is -2.56. The first kappa shape index (κ1) is 69.9. The predicted molar refractivity (Wildman–Crippen MR) is 385 cm³/mol. The molecule has 0 saturated heterocycles. The topological polar surface area (TPSA) is 149 Å².